The average Bonchev–Trinajstić information content (AvgIpc) is 3.18. The Labute approximate surface area is 131 Å². The maximum atomic E-state index is 10.9. The van der Waals surface area contributed by atoms with Crippen molar-refractivity contribution in [2.24, 2.45) is 5.92 Å². The topological polar surface area (TPSA) is 68.0 Å². The third-order valence-corrected chi connectivity index (χ3v) is 5.04. The first-order valence-corrected chi connectivity index (χ1v) is 8.15. The van der Waals surface area contributed by atoms with Crippen molar-refractivity contribution in [3.8, 4) is 0 Å². The monoisotopic (exact) mass is 325 g/mol. The molecule has 1 N–H and O–H groups in total. The summed E-state index contributed by atoms with van der Waals surface area (Å²) in [6.45, 7) is 4.32. The number of fused-ring (bicyclic) bond motifs is 1. The molecule has 1 aliphatic rings. The first kappa shape index (κ1) is 14.7. The molecule has 1 saturated carbocycles. The summed E-state index contributed by atoms with van der Waals surface area (Å²) in [7, 11) is 0. The fourth-order valence-electron chi connectivity index (χ4n) is 2.63. The molecule has 1 fully saturated rings. The molecule has 21 heavy (non-hydrogen) atoms. The first-order valence-electron chi connectivity index (χ1n) is 6.78. The zero-order chi connectivity index (χ0) is 15.2. The molecule has 0 saturated heterocycles. The smallest absolute Gasteiger partial charge is 0.313 e. The summed E-state index contributed by atoms with van der Waals surface area (Å²) < 4.78 is 2.07. The summed E-state index contributed by atoms with van der Waals surface area (Å²) >= 11 is 7.21. The van der Waals surface area contributed by atoms with E-state index in [1.807, 2.05) is 0 Å². The van der Waals surface area contributed by atoms with Gasteiger partial charge in [0.25, 0.3) is 0 Å². The van der Waals surface area contributed by atoms with Gasteiger partial charge in [-0.05, 0) is 38.7 Å². The van der Waals surface area contributed by atoms with Crippen molar-refractivity contribution >= 4 is 40.5 Å². The number of aromatic nitrogens is 3. The van der Waals surface area contributed by atoms with Crippen molar-refractivity contribution < 1.29 is 9.90 Å². The van der Waals surface area contributed by atoms with Gasteiger partial charge < -0.3 is 5.11 Å². The van der Waals surface area contributed by atoms with E-state index >= 15 is 0 Å². The zero-order valence-corrected chi connectivity index (χ0v) is 13.4. The van der Waals surface area contributed by atoms with Gasteiger partial charge in [0.2, 0.25) is 0 Å². The van der Waals surface area contributed by atoms with Gasteiger partial charge in [0, 0.05) is 11.7 Å². The predicted molar refractivity (Wildman–Crippen MR) is 82.9 cm³/mol. The molecule has 0 radical (unpaired) electrons. The fraction of sp³-hybridized carbons (Fsp3) is 0.500. The molecule has 112 valence electrons. The fourth-order valence-corrected chi connectivity index (χ4v) is 3.65. The van der Waals surface area contributed by atoms with E-state index in [0.29, 0.717) is 21.6 Å². The Morgan fingerprint density at radius 3 is 2.90 bits per heavy atom. The Morgan fingerprint density at radius 1 is 1.57 bits per heavy atom. The summed E-state index contributed by atoms with van der Waals surface area (Å²) in [5.74, 6) is -0.289. The molecule has 0 bridgehead atoms. The number of hydrogen-bond donors (Lipinski definition) is 1. The minimum Gasteiger partial charge on any atom is -0.481 e. The highest BCUT2D eigenvalue weighted by atomic mass is 35.5. The van der Waals surface area contributed by atoms with Crippen LogP contribution in [-0.2, 0) is 10.3 Å². The van der Waals surface area contributed by atoms with E-state index in [4.69, 9.17) is 16.7 Å². The lowest BCUT2D eigenvalue weighted by atomic mass is 9.98. The van der Waals surface area contributed by atoms with Gasteiger partial charge in [-0.15, -0.1) is 0 Å². The van der Waals surface area contributed by atoms with E-state index in [9.17, 15) is 4.79 Å². The van der Waals surface area contributed by atoms with Crippen LogP contribution in [0.15, 0.2) is 17.4 Å². The largest absolute Gasteiger partial charge is 0.481 e. The number of carboxylic acids is 1. The Morgan fingerprint density at radius 2 is 2.29 bits per heavy atom. The second kappa shape index (κ2) is 5.18. The van der Waals surface area contributed by atoms with Gasteiger partial charge >= 0.3 is 5.97 Å². The Bertz CT molecular complexity index is 710. The van der Waals surface area contributed by atoms with Crippen LogP contribution in [0.3, 0.4) is 0 Å². The molecule has 0 aliphatic heterocycles. The van der Waals surface area contributed by atoms with Crippen LogP contribution >= 0.6 is 23.4 Å². The van der Waals surface area contributed by atoms with Gasteiger partial charge in [-0.1, -0.05) is 23.4 Å². The molecule has 1 aliphatic carbocycles. The van der Waals surface area contributed by atoms with Crippen molar-refractivity contribution in [3.05, 3.63) is 17.3 Å². The third-order valence-electron chi connectivity index (χ3n) is 3.91. The molecule has 2 heterocycles. The van der Waals surface area contributed by atoms with Crippen LogP contribution in [0, 0.1) is 5.92 Å². The van der Waals surface area contributed by atoms with E-state index < -0.39 is 5.97 Å². The van der Waals surface area contributed by atoms with Gasteiger partial charge in [-0.2, -0.15) is 0 Å². The van der Waals surface area contributed by atoms with Crippen molar-refractivity contribution in [2.75, 3.05) is 5.75 Å². The molecule has 0 aromatic carbocycles. The highest BCUT2D eigenvalue weighted by molar-refractivity contribution is 7.99. The van der Waals surface area contributed by atoms with Crippen molar-refractivity contribution in [1.82, 2.24) is 14.5 Å². The molecule has 2 aromatic rings. The SMILES string of the molecule is CC(C)(C1CC1)n1c(SCC(=O)O)nc2cc(Cl)cnc21. The molecule has 0 spiro atoms. The average molecular weight is 326 g/mol. The van der Waals surface area contributed by atoms with E-state index in [2.05, 4.69) is 28.4 Å². The standard InChI is InChI=1S/C14H16ClN3O2S/c1-14(2,8-3-4-8)18-12-10(5-9(15)6-16-12)17-13(18)21-7-11(19)20/h5-6,8H,3-4,7H2,1-2H3,(H,19,20). The van der Waals surface area contributed by atoms with Crippen LogP contribution < -0.4 is 0 Å². The molecule has 3 rings (SSSR count). The molecular formula is C14H16ClN3O2S. The van der Waals surface area contributed by atoms with Crippen LogP contribution in [0.1, 0.15) is 26.7 Å². The highest BCUT2D eigenvalue weighted by Crippen LogP contribution is 2.46. The second-order valence-corrected chi connectivity index (χ2v) is 7.22. The van der Waals surface area contributed by atoms with Crippen molar-refractivity contribution in [1.29, 1.82) is 0 Å². The minimum absolute atomic E-state index is 0.0161. The molecule has 0 unspecified atom stereocenters. The van der Waals surface area contributed by atoms with Crippen LogP contribution in [0.25, 0.3) is 11.2 Å². The number of carbonyl (C=O) groups is 1. The summed E-state index contributed by atoms with van der Waals surface area (Å²) in [6.07, 6.45) is 3.98. The molecule has 0 amide bonds. The lowest BCUT2D eigenvalue weighted by Gasteiger charge is -2.28. The minimum atomic E-state index is -0.853. The number of imidazole rings is 1. The lowest BCUT2D eigenvalue weighted by molar-refractivity contribution is -0.133. The Balaban J connectivity index is 2.12. The van der Waals surface area contributed by atoms with Crippen LogP contribution in [0.5, 0.6) is 0 Å². The van der Waals surface area contributed by atoms with Crippen LogP contribution in [-0.4, -0.2) is 31.4 Å². The van der Waals surface area contributed by atoms with E-state index in [0.717, 1.165) is 5.65 Å². The van der Waals surface area contributed by atoms with E-state index in [1.54, 1.807) is 12.3 Å². The number of carboxylic acid groups (broad SMARTS) is 1. The van der Waals surface area contributed by atoms with Gasteiger partial charge in [0.15, 0.2) is 10.8 Å². The van der Waals surface area contributed by atoms with Crippen LogP contribution in [0.4, 0.5) is 0 Å². The third kappa shape index (κ3) is 2.74. The zero-order valence-electron chi connectivity index (χ0n) is 11.8. The molecular weight excluding hydrogens is 310 g/mol. The van der Waals surface area contributed by atoms with Gasteiger partial charge in [0.1, 0.15) is 5.52 Å². The summed E-state index contributed by atoms with van der Waals surface area (Å²) in [4.78, 5) is 19.8. The Hall–Kier alpha value is -1.27. The summed E-state index contributed by atoms with van der Waals surface area (Å²) in [6, 6.07) is 1.77. The van der Waals surface area contributed by atoms with Crippen LogP contribution in [0.2, 0.25) is 5.02 Å². The number of aliphatic carboxylic acids is 1. The summed E-state index contributed by atoms with van der Waals surface area (Å²) in [5.41, 5.74) is 1.35. The molecule has 2 aromatic heterocycles. The van der Waals surface area contributed by atoms with Crippen molar-refractivity contribution in [3.63, 3.8) is 0 Å². The maximum absolute atomic E-state index is 10.9. The quantitative estimate of drug-likeness (QED) is 0.853. The number of thioether (sulfide) groups is 1. The number of halogens is 1. The lowest BCUT2D eigenvalue weighted by Crippen LogP contribution is -2.29. The Kier molecular flexibility index (Phi) is 3.61. The van der Waals surface area contributed by atoms with Gasteiger partial charge in [-0.3, -0.25) is 9.36 Å². The van der Waals surface area contributed by atoms with E-state index in [1.165, 1.54) is 24.6 Å². The first-order chi connectivity index (χ1) is 9.89. The normalized spacial score (nSPS) is 15.6. The molecule has 5 nitrogen and oxygen atoms in total. The van der Waals surface area contributed by atoms with Gasteiger partial charge in [0.05, 0.1) is 10.8 Å². The number of pyridine rings is 1. The number of hydrogen-bond acceptors (Lipinski definition) is 4. The number of rotatable bonds is 5. The van der Waals surface area contributed by atoms with Crippen molar-refractivity contribution in [2.45, 2.75) is 37.4 Å². The summed E-state index contributed by atoms with van der Waals surface area (Å²) in [5, 5.41) is 10.1. The predicted octanol–water partition coefficient (Wildman–Crippen LogP) is 3.41. The molecule has 7 heteroatoms. The van der Waals surface area contributed by atoms with E-state index in [-0.39, 0.29) is 11.3 Å². The van der Waals surface area contributed by atoms with Gasteiger partial charge in [-0.25, -0.2) is 9.97 Å². The highest BCUT2D eigenvalue weighted by Gasteiger charge is 2.41. The maximum Gasteiger partial charge on any atom is 0.313 e. The number of nitrogens with zero attached hydrogens (tertiary/aromatic N) is 3. The second-order valence-electron chi connectivity index (χ2n) is 5.84. The molecule has 0 atom stereocenters.